The maximum Gasteiger partial charge on any atom is 0.316 e. The lowest BCUT2D eigenvalue weighted by atomic mass is 9.91. The molecule has 0 unspecified atom stereocenters. The van der Waals surface area contributed by atoms with Crippen LogP contribution in [-0.2, 0) is 45.0 Å². The minimum atomic E-state index is -0.949. The highest BCUT2D eigenvalue weighted by molar-refractivity contribution is 6.03. The van der Waals surface area contributed by atoms with E-state index in [0.29, 0.717) is 25.7 Å². The van der Waals surface area contributed by atoms with Crippen molar-refractivity contribution in [2.75, 3.05) is 0 Å². The van der Waals surface area contributed by atoms with E-state index in [1.807, 2.05) is 84.9 Å². The maximum atomic E-state index is 13.4. The fourth-order valence-corrected chi connectivity index (χ4v) is 4.61. The van der Waals surface area contributed by atoms with Gasteiger partial charge in [-0.05, 0) is 54.9 Å². The Morgan fingerprint density at radius 1 is 0.829 bits per heavy atom. The number of rotatable bonds is 10. The molecule has 180 valence electrons. The number of carbonyl (C=O) groups is 3. The summed E-state index contributed by atoms with van der Waals surface area (Å²) in [5, 5.41) is 2.87. The normalized spacial score (nSPS) is 14.5. The smallest absolute Gasteiger partial charge is 0.316 e. The number of hydrogen-bond donors (Lipinski definition) is 1. The van der Waals surface area contributed by atoms with Gasteiger partial charge in [-0.3, -0.25) is 14.4 Å². The van der Waals surface area contributed by atoms with E-state index >= 15 is 0 Å². The molecule has 1 aliphatic rings. The first kappa shape index (κ1) is 24.4. The predicted molar refractivity (Wildman–Crippen MR) is 134 cm³/mol. The third-order valence-corrected chi connectivity index (χ3v) is 6.62. The number of benzene rings is 3. The summed E-state index contributed by atoms with van der Waals surface area (Å²) in [5.41, 5.74) is 4.26. The molecule has 3 aromatic rings. The Labute approximate surface area is 206 Å². The molecule has 0 radical (unpaired) electrons. The van der Waals surface area contributed by atoms with Gasteiger partial charge in [0, 0.05) is 5.92 Å². The van der Waals surface area contributed by atoms with Crippen molar-refractivity contribution in [2.45, 2.75) is 45.3 Å². The van der Waals surface area contributed by atoms with E-state index in [1.54, 1.807) is 6.92 Å². The van der Waals surface area contributed by atoms with E-state index in [4.69, 9.17) is 4.74 Å². The molecule has 0 heterocycles. The first-order valence-corrected chi connectivity index (χ1v) is 12.2. The van der Waals surface area contributed by atoms with Gasteiger partial charge in [-0.1, -0.05) is 84.9 Å². The number of carbonyl (C=O) groups excluding carboxylic acids is 3. The number of aryl methyl sites for hydroxylation is 1. The summed E-state index contributed by atoms with van der Waals surface area (Å²) >= 11 is 0. The lowest BCUT2D eigenvalue weighted by molar-refractivity contribution is -0.154. The zero-order valence-corrected chi connectivity index (χ0v) is 20.0. The van der Waals surface area contributed by atoms with Crippen LogP contribution in [0.3, 0.4) is 0 Å². The Bertz CT molecular complexity index is 1130. The number of nitrogens with one attached hydrogen (secondary N) is 1. The molecule has 1 aliphatic carbocycles. The van der Waals surface area contributed by atoms with E-state index in [1.165, 1.54) is 11.1 Å². The van der Waals surface area contributed by atoms with E-state index in [-0.39, 0.29) is 24.2 Å². The van der Waals surface area contributed by atoms with Crippen molar-refractivity contribution in [1.82, 2.24) is 5.32 Å². The number of ether oxygens (including phenoxy) is 1. The minimum absolute atomic E-state index is 0.107. The van der Waals surface area contributed by atoms with Crippen molar-refractivity contribution in [3.63, 3.8) is 0 Å². The van der Waals surface area contributed by atoms with Crippen LogP contribution in [0, 0.1) is 11.8 Å². The van der Waals surface area contributed by atoms with Gasteiger partial charge in [0.15, 0.2) is 5.78 Å². The van der Waals surface area contributed by atoms with Gasteiger partial charge in [-0.25, -0.2) is 0 Å². The summed E-state index contributed by atoms with van der Waals surface area (Å²) in [6, 6.07) is 26.4. The lowest BCUT2D eigenvalue weighted by Gasteiger charge is -2.21. The first-order chi connectivity index (χ1) is 17.0. The molecule has 1 N–H and O–H groups in total. The number of hydrogen-bond acceptors (Lipinski definition) is 4. The van der Waals surface area contributed by atoms with Crippen molar-refractivity contribution in [1.29, 1.82) is 0 Å². The summed E-state index contributed by atoms with van der Waals surface area (Å²) < 4.78 is 5.52. The van der Waals surface area contributed by atoms with E-state index < -0.39 is 17.9 Å². The number of Topliss-reactive ketones (excluding diaryl/α,β-unsaturated/α-hetero) is 1. The Morgan fingerprint density at radius 3 is 1.97 bits per heavy atom. The molecule has 0 saturated heterocycles. The van der Waals surface area contributed by atoms with E-state index in [9.17, 15) is 14.4 Å². The molecule has 5 nitrogen and oxygen atoms in total. The summed E-state index contributed by atoms with van der Waals surface area (Å²) in [5.74, 6) is -2.17. The van der Waals surface area contributed by atoms with Gasteiger partial charge in [-0.15, -0.1) is 0 Å². The van der Waals surface area contributed by atoms with Crippen LogP contribution in [-0.4, -0.2) is 23.7 Å². The molecule has 5 heteroatoms. The summed E-state index contributed by atoms with van der Waals surface area (Å²) in [6.07, 6.45) is 2.22. The van der Waals surface area contributed by atoms with Crippen LogP contribution in [0.25, 0.3) is 0 Å². The summed E-state index contributed by atoms with van der Waals surface area (Å²) in [4.78, 5) is 39.3. The van der Waals surface area contributed by atoms with Crippen molar-refractivity contribution in [3.05, 3.63) is 107 Å². The quantitative estimate of drug-likeness (QED) is 0.351. The second-order valence-electron chi connectivity index (χ2n) is 9.18. The average Bonchev–Trinajstić information content (AvgIpc) is 3.33. The molecule has 3 aromatic carbocycles. The Kier molecular flexibility index (Phi) is 8.09. The van der Waals surface area contributed by atoms with Crippen LogP contribution < -0.4 is 5.32 Å². The molecular weight excluding hydrogens is 438 g/mol. The molecule has 0 spiro atoms. The molecule has 0 fully saturated rings. The van der Waals surface area contributed by atoms with Gasteiger partial charge < -0.3 is 10.1 Å². The van der Waals surface area contributed by atoms with Gasteiger partial charge in [-0.2, -0.15) is 0 Å². The number of esters is 1. The average molecular weight is 470 g/mol. The maximum absolute atomic E-state index is 13.4. The molecule has 0 aliphatic heterocycles. The van der Waals surface area contributed by atoms with Gasteiger partial charge in [0.25, 0.3) is 0 Å². The molecular formula is C30H31NO4. The van der Waals surface area contributed by atoms with Gasteiger partial charge in [0.1, 0.15) is 12.5 Å². The highest BCUT2D eigenvalue weighted by Gasteiger charge is 2.34. The lowest BCUT2D eigenvalue weighted by Crippen LogP contribution is -2.46. The van der Waals surface area contributed by atoms with Gasteiger partial charge in [0.05, 0.1) is 6.04 Å². The molecule has 35 heavy (non-hydrogen) atoms. The second kappa shape index (κ2) is 11.6. The Balaban J connectivity index is 1.40. The van der Waals surface area contributed by atoms with E-state index in [0.717, 1.165) is 11.1 Å². The molecule has 1 amide bonds. The molecule has 0 aromatic heterocycles. The Hall–Kier alpha value is -3.73. The van der Waals surface area contributed by atoms with Crippen LogP contribution in [0.15, 0.2) is 84.9 Å². The monoisotopic (exact) mass is 469 g/mol. The van der Waals surface area contributed by atoms with Crippen LogP contribution in [0.5, 0.6) is 0 Å². The van der Waals surface area contributed by atoms with Crippen LogP contribution in [0.2, 0.25) is 0 Å². The fourth-order valence-electron chi connectivity index (χ4n) is 4.61. The van der Waals surface area contributed by atoms with E-state index in [2.05, 4.69) is 5.32 Å². The van der Waals surface area contributed by atoms with Crippen molar-refractivity contribution in [2.24, 2.45) is 11.8 Å². The zero-order chi connectivity index (χ0) is 24.6. The SMILES string of the molecule is C[C@H](NC(=O)C1Cc2ccccc2C1)C(=O)[C@H](CCc1ccccc1)C(=O)OCc1ccccc1. The molecule has 0 bridgehead atoms. The third-order valence-electron chi connectivity index (χ3n) is 6.62. The highest BCUT2D eigenvalue weighted by atomic mass is 16.5. The van der Waals surface area contributed by atoms with Crippen LogP contribution in [0.4, 0.5) is 0 Å². The largest absolute Gasteiger partial charge is 0.460 e. The van der Waals surface area contributed by atoms with Gasteiger partial charge in [0.2, 0.25) is 5.91 Å². The third kappa shape index (κ3) is 6.44. The molecule has 2 atom stereocenters. The highest BCUT2D eigenvalue weighted by Crippen LogP contribution is 2.26. The Morgan fingerprint density at radius 2 is 1.37 bits per heavy atom. The van der Waals surface area contributed by atoms with Crippen LogP contribution in [0.1, 0.15) is 35.6 Å². The summed E-state index contributed by atoms with van der Waals surface area (Å²) in [7, 11) is 0. The van der Waals surface area contributed by atoms with Crippen molar-refractivity contribution in [3.8, 4) is 0 Å². The topological polar surface area (TPSA) is 72.5 Å². The number of amides is 1. The zero-order valence-electron chi connectivity index (χ0n) is 20.0. The summed E-state index contributed by atoms with van der Waals surface area (Å²) in [6.45, 7) is 1.76. The van der Waals surface area contributed by atoms with Gasteiger partial charge >= 0.3 is 5.97 Å². The second-order valence-corrected chi connectivity index (χ2v) is 9.18. The minimum Gasteiger partial charge on any atom is -0.460 e. The standard InChI is InChI=1S/C30H31NO4/c1-21(31-29(33)26-18-24-14-8-9-15-25(24)19-26)28(32)27(17-16-22-10-4-2-5-11-22)30(34)35-20-23-12-6-3-7-13-23/h2-15,21,26-27H,16-20H2,1H3,(H,31,33)/t21-,27-/m0/s1. The predicted octanol–water partition coefficient (Wildman–Crippen LogP) is 4.47. The first-order valence-electron chi connectivity index (χ1n) is 12.2. The molecule has 0 saturated carbocycles. The number of ketones is 1. The van der Waals surface area contributed by atoms with Crippen molar-refractivity contribution >= 4 is 17.7 Å². The fraction of sp³-hybridized carbons (Fsp3) is 0.300. The van der Waals surface area contributed by atoms with Crippen LogP contribution >= 0.6 is 0 Å². The number of fused-ring (bicyclic) bond motifs is 1. The van der Waals surface area contributed by atoms with Crippen molar-refractivity contribution < 1.29 is 19.1 Å². The molecule has 4 rings (SSSR count).